The number of sulfonamides is 1. The Bertz CT molecular complexity index is 1730. The Hall–Kier alpha value is -4.83. The molecular weight excluding hydrogens is 602 g/mol. The summed E-state index contributed by atoms with van der Waals surface area (Å²) in [4.78, 5) is 29.9. The SMILES string of the molecule is COc1cccc(CN(C(=O)CN(c2cccc(OC)c2)S(=O)(=O)c2ccc(C)cc2)[C@H](Cc2ccccc2)C(=O)NC(C)C)c1. The van der Waals surface area contributed by atoms with Gasteiger partial charge in [-0.05, 0) is 68.3 Å². The van der Waals surface area contributed by atoms with Gasteiger partial charge in [-0.2, -0.15) is 0 Å². The van der Waals surface area contributed by atoms with Gasteiger partial charge in [-0.15, -0.1) is 0 Å². The van der Waals surface area contributed by atoms with E-state index in [9.17, 15) is 18.0 Å². The first-order valence-electron chi connectivity index (χ1n) is 15.0. The molecule has 242 valence electrons. The quantitative estimate of drug-likeness (QED) is 0.198. The Balaban J connectivity index is 1.83. The third-order valence-electron chi connectivity index (χ3n) is 7.42. The summed E-state index contributed by atoms with van der Waals surface area (Å²) >= 11 is 0. The average Bonchev–Trinajstić information content (AvgIpc) is 3.05. The van der Waals surface area contributed by atoms with E-state index in [2.05, 4.69) is 5.32 Å². The number of ether oxygens (including phenoxy) is 2. The van der Waals surface area contributed by atoms with Crippen LogP contribution in [0.1, 0.15) is 30.5 Å². The highest BCUT2D eigenvalue weighted by Gasteiger charge is 2.35. The molecule has 9 nitrogen and oxygen atoms in total. The maximum atomic E-state index is 14.6. The van der Waals surface area contributed by atoms with E-state index in [4.69, 9.17) is 9.47 Å². The molecule has 0 aliphatic heterocycles. The van der Waals surface area contributed by atoms with Crippen LogP contribution in [0.3, 0.4) is 0 Å². The Kier molecular flexibility index (Phi) is 11.4. The molecule has 46 heavy (non-hydrogen) atoms. The van der Waals surface area contributed by atoms with Gasteiger partial charge in [-0.25, -0.2) is 8.42 Å². The van der Waals surface area contributed by atoms with Crippen molar-refractivity contribution in [1.82, 2.24) is 10.2 Å². The molecule has 0 saturated carbocycles. The topological polar surface area (TPSA) is 105 Å². The number of amides is 2. The number of rotatable bonds is 14. The smallest absolute Gasteiger partial charge is 0.264 e. The van der Waals surface area contributed by atoms with Crippen LogP contribution in [-0.2, 0) is 32.6 Å². The minimum atomic E-state index is -4.22. The molecule has 4 aromatic carbocycles. The fraction of sp³-hybridized carbons (Fsp3) is 0.278. The van der Waals surface area contributed by atoms with Crippen molar-refractivity contribution < 1.29 is 27.5 Å². The second-order valence-corrected chi connectivity index (χ2v) is 13.1. The summed E-state index contributed by atoms with van der Waals surface area (Å²) < 4.78 is 40.3. The summed E-state index contributed by atoms with van der Waals surface area (Å²) in [5, 5.41) is 2.96. The lowest BCUT2D eigenvalue weighted by atomic mass is 10.0. The zero-order valence-electron chi connectivity index (χ0n) is 26.8. The van der Waals surface area contributed by atoms with Crippen molar-refractivity contribution in [2.45, 2.75) is 50.7 Å². The molecule has 4 rings (SSSR count). The summed E-state index contributed by atoms with van der Waals surface area (Å²) in [6, 6.07) is 28.5. The van der Waals surface area contributed by atoms with E-state index in [-0.39, 0.29) is 35.5 Å². The lowest BCUT2D eigenvalue weighted by Gasteiger charge is -2.34. The van der Waals surface area contributed by atoms with E-state index in [1.807, 2.05) is 63.2 Å². The fourth-order valence-corrected chi connectivity index (χ4v) is 6.44. The maximum Gasteiger partial charge on any atom is 0.264 e. The third kappa shape index (κ3) is 8.66. The molecule has 0 spiro atoms. The van der Waals surface area contributed by atoms with E-state index in [1.165, 1.54) is 24.1 Å². The zero-order valence-corrected chi connectivity index (χ0v) is 27.7. The molecule has 0 bridgehead atoms. The van der Waals surface area contributed by atoms with Gasteiger partial charge >= 0.3 is 0 Å². The van der Waals surface area contributed by atoms with Crippen molar-refractivity contribution in [3.05, 3.63) is 120 Å². The molecule has 1 atom stereocenters. The Morgan fingerprint density at radius 1 is 0.783 bits per heavy atom. The standard InChI is InChI=1S/C36H41N3O6S/c1-26(2)37-36(41)34(22-28-11-7-6-8-12-28)38(24-29-13-9-15-31(21-29)44-4)35(40)25-39(30-14-10-16-32(23-30)45-5)46(42,43)33-19-17-27(3)18-20-33/h6-21,23,26,34H,22,24-25H2,1-5H3,(H,37,41)/t34-/m1/s1. The van der Waals surface area contributed by atoms with Gasteiger partial charge in [-0.1, -0.05) is 66.2 Å². The molecule has 2 amide bonds. The second-order valence-electron chi connectivity index (χ2n) is 11.3. The van der Waals surface area contributed by atoms with Crippen LogP contribution in [-0.4, -0.2) is 58.0 Å². The van der Waals surface area contributed by atoms with Gasteiger partial charge in [0.05, 0.1) is 24.8 Å². The first-order chi connectivity index (χ1) is 22.0. The number of nitrogens with one attached hydrogen (secondary N) is 1. The first kappa shape index (κ1) is 34.1. The second kappa shape index (κ2) is 15.4. The minimum Gasteiger partial charge on any atom is -0.497 e. The molecule has 10 heteroatoms. The molecule has 4 aromatic rings. The predicted octanol–water partition coefficient (Wildman–Crippen LogP) is 5.37. The van der Waals surface area contributed by atoms with Gasteiger partial charge in [0, 0.05) is 25.1 Å². The van der Waals surface area contributed by atoms with Gasteiger partial charge in [0.25, 0.3) is 10.0 Å². The summed E-state index contributed by atoms with van der Waals surface area (Å²) in [5.74, 6) is 0.127. The largest absolute Gasteiger partial charge is 0.497 e. The predicted molar refractivity (Wildman–Crippen MR) is 179 cm³/mol. The number of carbonyl (C=O) groups excluding carboxylic acids is 2. The molecule has 0 fully saturated rings. The van der Waals surface area contributed by atoms with Crippen molar-refractivity contribution >= 4 is 27.5 Å². The molecular formula is C36H41N3O6S. The van der Waals surface area contributed by atoms with Gasteiger partial charge in [0.1, 0.15) is 24.1 Å². The zero-order chi connectivity index (χ0) is 33.3. The van der Waals surface area contributed by atoms with E-state index < -0.39 is 28.5 Å². The Morgan fingerprint density at radius 3 is 2.02 bits per heavy atom. The third-order valence-corrected chi connectivity index (χ3v) is 9.21. The van der Waals surface area contributed by atoms with Crippen LogP contribution in [0.5, 0.6) is 11.5 Å². The lowest BCUT2D eigenvalue weighted by molar-refractivity contribution is -0.140. The summed E-state index contributed by atoms with van der Waals surface area (Å²) in [7, 11) is -1.18. The molecule has 0 saturated heterocycles. The number of methoxy groups -OCH3 is 2. The number of nitrogens with zero attached hydrogens (tertiary/aromatic N) is 2. The van der Waals surface area contributed by atoms with E-state index >= 15 is 0 Å². The van der Waals surface area contributed by atoms with E-state index in [0.717, 1.165) is 21.0 Å². The highest BCUT2D eigenvalue weighted by molar-refractivity contribution is 7.92. The van der Waals surface area contributed by atoms with Gasteiger partial charge in [0.2, 0.25) is 11.8 Å². The van der Waals surface area contributed by atoms with Crippen LogP contribution in [0, 0.1) is 6.92 Å². The van der Waals surface area contributed by atoms with Crippen molar-refractivity contribution in [2.24, 2.45) is 0 Å². The molecule has 0 aromatic heterocycles. The summed E-state index contributed by atoms with van der Waals surface area (Å²) in [6.45, 7) is 5.04. The monoisotopic (exact) mass is 643 g/mol. The van der Waals surface area contributed by atoms with Crippen LogP contribution in [0.25, 0.3) is 0 Å². The van der Waals surface area contributed by atoms with Crippen LogP contribution in [0.4, 0.5) is 5.69 Å². The minimum absolute atomic E-state index is 0.0338. The molecule has 0 unspecified atom stereocenters. The van der Waals surface area contributed by atoms with Crippen LogP contribution >= 0.6 is 0 Å². The molecule has 1 N–H and O–H groups in total. The fourth-order valence-electron chi connectivity index (χ4n) is 5.03. The highest BCUT2D eigenvalue weighted by atomic mass is 32.2. The number of anilines is 1. The number of benzene rings is 4. The van der Waals surface area contributed by atoms with Crippen LogP contribution < -0.4 is 19.1 Å². The summed E-state index contributed by atoms with van der Waals surface area (Å²) in [5.41, 5.74) is 2.72. The highest BCUT2D eigenvalue weighted by Crippen LogP contribution is 2.28. The first-order valence-corrected chi connectivity index (χ1v) is 16.5. The van der Waals surface area contributed by atoms with Crippen molar-refractivity contribution in [3.63, 3.8) is 0 Å². The summed E-state index contributed by atoms with van der Waals surface area (Å²) in [6.07, 6.45) is 0.221. The average molecular weight is 644 g/mol. The van der Waals surface area contributed by atoms with Gasteiger partial charge in [-0.3, -0.25) is 13.9 Å². The van der Waals surface area contributed by atoms with Gasteiger partial charge in [0.15, 0.2) is 0 Å². The maximum absolute atomic E-state index is 14.6. The number of hydrogen-bond acceptors (Lipinski definition) is 6. The molecule has 0 aliphatic carbocycles. The normalized spacial score (nSPS) is 11.9. The van der Waals surface area contributed by atoms with Crippen LogP contribution in [0.2, 0.25) is 0 Å². The lowest BCUT2D eigenvalue weighted by Crippen LogP contribution is -2.54. The number of carbonyl (C=O) groups is 2. The Labute approximate surface area is 271 Å². The van der Waals surface area contributed by atoms with Crippen LogP contribution in [0.15, 0.2) is 108 Å². The van der Waals surface area contributed by atoms with E-state index in [0.29, 0.717) is 11.5 Å². The number of hydrogen-bond donors (Lipinski definition) is 1. The van der Waals surface area contributed by atoms with Gasteiger partial charge < -0.3 is 19.7 Å². The van der Waals surface area contributed by atoms with Crippen molar-refractivity contribution in [2.75, 3.05) is 25.1 Å². The van der Waals surface area contributed by atoms with Crippen molar-refractivity contribution in [1.29, 1.82) is 0 Å². The molecule has 0 heterocycles. The number of aryl methyl sites for hydroxylation is 1. The molecule has 0 aliphatic rings. The van der Waals surface area contributed by atoms with E-state index in [1.54, 1.807) is 55.6 Å². The van der Waals surface area contributed by atoms with Crippen molar-refractivity contribution in [3.8, 4) is 11.5 Å². The Morgan fingerprint density at radius 2 is 1.39 bits per heavy atom. The molecule has 0 radical (unpaired) electrons.